The van der Waals surface area contributed by atoms with Crippen LogP contribution in [0.4, 0.5) is 0 Å². The fraction of sp³-hybridized carbons (Fsp3) is 0.348. The summed E-state index contributed by atoms with van der Waals surface area (Å²) in [7, 11) is 4.36. The molecule has 31 heavy (non-hydrogen) atoms. The van der Waals surface area contributed by atoms with Crippen LogP contribution in [0.5, 0.6) is 17.2 Å². The average molecular weight is 426 g/mol. The molecule has 0 aliphatic heterocycles. The van der Waals surface area contributed by atoms with Crippen molar-refractivity contribution in [3.63, 3.8) is 0 Å². The van der Waals surface area contributed by atoms with Gasteiger partial charge in [-0.2, -0.15) is 0 Å². The van der Waals surface area contributed by atoms with Crippen LogP contribution in [-0.4, -0.2) is 36.2 Å². The molecular formula is C23H26N2O6. The Morgan fingerprint density at radius 2 is 1.52 bits per heavy atom. The second-order valence-corrected chi connectivity index (χ2v) is 8.08. The molecule has 0 atom stereocenters. The fourth-order valence-corrected chi connectivity index (χ4v) is 3.28. The number of Topliss-reactive ketones (excluding diaryl/α,β-unsaturated/α-hetero) is 1. The van der Waals surface area contributed by atoms with E-state index in [0.717, 1.165) is 4.57 Å². The van der Waals surface area contributed by atoms with Gasteiger partial charge in [0.2, 0.25) is 5.75 Å². The van der Waals surface area contributed by atoms with E-state index < -0.39 is 16.7 Å². The summed E-state index contributed by atoms with van der Waals surface area (Å²) in [5.41, 5.74) is -1.13. The third-order valence-electron chi connectivity index (χ3n) is 5.10. The normalized spacial score (nSPS) is 11.4. The summed E-state index contributed by atoms with van der Waals surface area (Å²) in [6, 6.07) is 9.77. The van der Waals surface area contributed by atoms with Crippen molar-refractivity contribution < 1.29 is 19.0 Å². The van der Waals surface area contributed by atoms with E-state index in [1.54, 1.807) is 45.0 Å². The molecule has 0 N–H and O–H groups in total. The number of ether oxygens (including phenoxy) is 3. The monoisotopic (exact) mass is 426 g/mol. The van der Waals surface area contributed by atoms with Gasteiger partial charge >= 0.3 is 5.69 Å². The first-order valence-corrected chi connectivity index (χ1v) is 9.72. The molecule has 0 amide bonds. The van der Waals surface area contributed by atoms with Crippen molar-refractivity contribution in [1.82, 2.24) is 9.13 Å². The van der Waals surface area contributed by atoms with Crippen LogP contribution in [0.1, 0.15) is 20.8 Å². The Morgan fingerprint density at radius 3 is 2.03 bits per heavy atom. The molecule has 1 heterocycles. The molecule has 3 aromatic rings. The van der Waals surface area contributed by atoms with E-state index in [1.807, 2.05) is 0 Å². The van der Waals surface area contributed by atoms with Gasteiger partial charge in [0, 0.05) is 17.5 Å². The maximum absolute atomic E-state index is 13.5. The number of ketones is 1. The Bertz CT molecular complexity index is 1240. The number of para-hydroxylation sites is 1. The number of carbonyl (C=O) groups excluding carboxylic acids is 1. The van der Waals surface area contributed by atoms with Crippen LogP contribution >= 0.6 is 0 Å². The maximum atomic E-state index is 13.5. The van der Waals surface area contributed by atoms with Gasteiger partial charge in [0.15, 0.2) is 17.3 Å². The predicted octanol–water partition coefficient (Wildman–Crippen LogP) is 2.79. The Labute approximate surface area is 179 Å². The van der Waals surface area contributed by atoms with Gasteiger partial charge < -0.3 is 14.2 Å². The number of aromatic nitrogens is 2. The molecule has 0 fully saturated rings. The molecule has 0 spiro atoms. The van der Waals surface area contributed by atoms with Crippen LogP contribution in [0.25, 0.3) is 16.6 Å². The van der Waals surface area contributed by atoms with E-state index in [2.05, 4.69) is 0 Å². The molecule has 2 aromatic carbocycles. The van der Waals surface area contributed by atoms with Gasteiger partial charge in [-0.3, -0.25) is 14.2 Å². The van der Waals surface area contributed by atoms with Crippen molar-refractivity contribution in [1.29, 1.82) is 0 Å². The summed E-state index contributed by atoms with van der Waals surface area (Å²) in [5.74, 6) is 0.808. The second kappa shape index (κ2) is 8.29. The van der Waals surface area contributed by atoms with Crippen molar-refractivity contribution in [3.8, 4) is 22.9 Å². The van der Waals surface area contributed by atoms with Crippen molar-refractivity contribution >= 4 is 16.7 Å². The standard InChI is InChI=1S/C23H26N2O6/c1-23(2,3)19(26)13-24-16-10-8-7-9-15(16)21(27)25(22(24)28)14-11-17(29-4)20(31-6)18(12-14)30-5/h7-12H,13H2,1-6H3. The van der Waals surface area contributed by atoms with Crippen LogP contribution < -0.4 is 25.5 Å². The Kier molecular flexibility index (Phi) is 5.92. The van der Waals surface area contributed by atoms with Gasteiger partial charge in [-0.1, -0.05) is 32.9 Å². The molecule has 8 nitrogen and oxygen atoms in total. The third kappa shape index (κ3) is 3.93. The molecule has 0 radical (unpaired) electrons. The van der Waals surface area contributed by atoms with E-state index in [0.29, 0.717) is 28.2 Å². The molecule has 0 aliphatic carbocycles. The molecule has 0 aliphatic rings. The van der Waals surface area contributed by atoms with E-state index in [1.165, 1.54) is 38.0 Å². The zero-order valence-electron chi connectivity index (χ0n) is 18.5. The number of hydrogen-bond acceptors (Lipinski definition) is 6. The molecule has 0 bridgehead atoms. The number of carbonyl (C=O) groups is 1. The number of benzene rings is 2. The van der Waals surface area contributed by atoms with Gasteiger partial charge in [0.25, 0.3) is 5.56 Å². The number of nitrogens with zero attached hydrogens (tertiary/aromatic N) is 2. The molecule has 8 heteroatoms. The quantitative estimate of drug-likeness (QED) is 0.602. The molecular weight excluding hydrogens is 400 g/mol. The minimum atomic E-state index is -0.645. The lowest BCUT2D eigenvalue weighted by molar-refractivity contribution is -0.126. The molecule has 0 saturated heterocycles. The zero-order valence-corrected chi connectivity index (χ0v) is 18.5. The van der Waals surface area contributed by atoms with E-state index in [9.17, 15) is 14.4 Å². The van der Waals surface area contributed by atoms with Gasteiger partial charge in [0.05, 0.1) is 44.5 Å². The summed E-state index contributed by atoms with van der Waals surface area (Å²) in [6.07, 6.45) is 0. The Hall–Kier alpha value is -3.55. The topological polar surface area (TPSA) is 88.8 Å². The van der Waals surface area contributed by atoms with Crippen LogP contribution in [0.3, 0.4) is 0 Å². The maximum Gasteiger partial charge on any atom is 0.336 e. The number of methoxy groups -OCH3 is 3. The summed E-state index contributed by atoms with van der Waals surface area (Å²) >= 11 is 0. The Balaban J connectivity index is 2.39. The predicted molar refractivity (Wildman–Crippen MR) is 118 cm³/mol. The van der Waals surface area contributed by atoms with Crippen LogP contribution in [0, 0.1) is 5.41 Å². The minimum Gasteiger partial charge on any atom is -0.493 e. The number of rotatable bonds is 6. The van der Waals surface area contributed by atoms with Gasteiger partial charge in [0.1, 0.15) is 0 Å². The summed E-state index contributed by atoms with van der Waals surface area (Å²) in [4.78, 5) is 39.5. The first-order valence-electron chi connectivity index (χ1n) is 9.72. The largest absolute Gasteiger partial charge is 0.493 e. The highest BCUT2D eigenvalue weighted by Gasteiger charge is 2.25. The fourth-order valence-electron chi connectivity index (χ4n) is 3.28. The van der Waals surface area contributed by atoms with E-state index >= 15 is 0 Å². The van der Waals surface area contributed by atoms with E-state index in [4.69, 9.17) is 14.2 Å². The first-order chi connectivity index (χ1) is 14.6. The smallest absolute Gasteiger partial charge is 0.336 e. The number of fused-ring (bicyclic) bond motifs is 1. The lowest BCUT2D eigenvalue weighted by Gasteiger charge is -2.20. The lowest BCUT2D eigenvalue weighted by atomic mass is 9.91. The highest BCUT2D eigenvalue weighted by atomic mass is 16.5. The van der Waals surface area contributed by atoms with Crippen LogP contribution in [-0.2, 0) is 11.3 Å². The van der Waals surface area contributed by atoms with Gasteiger partial charge in [-0.15, -0.1) is 0 Å². The summed E-state index contributed by atoms with van der Waals surface area (Å²) in [6.45, 7) is 5.21. The summed E-state index contributed by atoms with van der Waals surface area (Å²) in [5, 5.41) is 0.317. The minimum absolute atomic E-state index is 0.130. The average Bonchev–Trinajstić information content (AvgIpc) is 2.75. The zero-order chi connectivity index (χ0) is 22.9. The van der Waals surface area contributed by atoms with Crippen LogP contribution in [0.15, 0.2) is 46.0 Å². The second-order valence-electron chi connectivity index (χ2n) is 8.08. The van der Waals surface area contributed by atoms with Crippen molar-refractivity contribution in [2.75, 3.05) is 21.3 Å². The molecule has 164 valence electrons. The highest BCUT2D eigenvalue weighted by Crippen LogP contribution is 2.38. The first kappa shape index (κ1) is 22.1. The number of hydrogen-bond donors (Lipinski definition) is 0. The molecule has 0 saturated carbocycles. The van der Waals surface area contributed by atoms with Crippen molar-refractivity contribution in [2.24, 2.45) is 5.41 Å². The van der Waals surface area contributed by atoms with Gasteiger partial charge in [-0.25, -0.2) is 9.36 Å². The Morgan fingerprint density at radius 1 is 0.935 bits per heavy atom. The van der Waals surface area contributed by atoms with Gasteiger partial charge in [-0.05, 0) is 12.1 Å². The lowest BCUT2D eigenvalue weighted by Crippen LogP contribution is -2.41. The van der Waals surface area contributed by atoms with E-state index in [-0.39, 0.29) is 18.0 Å². The van der Waals surface area contributed by atoms with Crippen molar-refractivity contribution in [2.45, 2.75) is 27.3 Å². The summed E-state index contributed by atoms with van der Waals surface area (Å²) < 4.78 is 18.4. The van der Waals surface area contributed by atoms with Crippen LogP contribution in [0.2, 0.25) is 0 Å². The molecule has 0 unspecified atom stereocenters. The van der Waals surface area contributed by atoms with Crippen molar-refractivity contribution in [3.05, 3.63) is 57.2 Å². The highest BCUT2D eigenvalue weighted by molar-refractivity contribution is 5.86. The third-order valence-corrected chi connectivity index (χ3v) is 5.10. The SMILES string of the molecule is COc1cc(-n2c(=O)c3ccccc3n(CC(=O)C(C)(C)C)c2=O)cc(OC)c1OC. The molecule has 3 rings (SSSR count). The molecule has 1 aromatic heterocycles.